The molecule has 0 radical (unpaired) electrons. The number of ether oxygens (including phenoxy) is 1. The Kier molecular flexibility index (Phi) is 4.39. The number of hydrogen-bond donors (Lipinski definition) is 1. The summed E-state index contributed by atoms with van der Waals surface area (Å²) < 4.78 is 7.58. The number of carbonyl (C=O) groups excluding carboxylic acids is 1. The van der Waals surface area contributed by atoms with Crippen LogP contribution >= 0.6 is 11.3 Å². The van der Waals surface area contributed by atoms with Crippen molar-refractivity contribution in [3.63, 3.8) is 0 Å². The van der Waals surface area contributed by atoms with Crippen LogP contribution in [-0.4, -0.2) is 52.9 Å². The highest BCUT2D eigenvalue weighted by molar-refractivity contribution is 7.09. The minimum Gasteiger partial charge on any atom is -0.376 e. The number of rotatable bonds is 5. The normalized spacial score (nSPS) is 26.6. The lowest BCUT2D eigenvalue weighted by Crippen LogP contribution is -2.35. The van der Waals surface area contributed by atoms with Gasteiger partial charge < -0.3 is 10.1 Å². The lowest BCUT2D eigenvalue weighted by atomic mass is 9.93. The van der Waals surface area contributed by atoms with Gasteiger partial charge in [0.2, 0.25) is 0 Å². The Morgan fingerprint density at radius 2 is 2.38 bits per heavy atom. The second-order valence-corrected chi connectivity index (χ2v) is 7.65. The van der Waals surface area contributed by atoms with E-state index in [0.717, 1.165) is 26.2 Å². The van der Waals surface area contributed by atoms with Gasteiger partial charge in [0.1, 0.15) is 5.69 Å². The van der Waals surface area contributed by atoms with Crippen molar-refractivity contribution in [3.05, 3.63) is 40.3 Å². The molecule has 7 heteroatoms. The van der Waals surface area contributed by atoms with Gasteiger partial charge in [0.15, 0.2) is 0 Å². The molecule has 3 atom stereocenters. The molecule has 2 aromatic heterocycles. The standard InChI is InChI=1S/C17H22N4O2S/c1-20-15(4-5-19-20)17(22)18-7-12-11-23-16-10-21(9-14(12)16)8-13-3-2-6-24-13/h2-6,12,14,16H,7-11H2,1H3,(H,18,22)/t12-,14+,16+/m0/s1. The largest absolute Gasteiger partial charge is 0.376 e. The third-order valence-corrected chi connectivity index (χ3v) is 5.91. The number of aryl methyl sites for hydroxylation is 1. The zero-order chi connectivity index (χ0) is 16.5. The Morgan fingerprint density at radius 3 is 3.12 bits per heavy atom. The summed E-state index contributed by atoms with van der Waals surface area (Å²) in [6.07, 6.45) is 1.95. The fourth-order valence-electron chi connectivity index (χ4n) is 3.75. The van der Waals surface area contributed by atoms with Crippen LogP contribution in [0.5, 0.6) is 0 Å². The molecule has 0 aliphatic carbocycles. The number of amides is 1. The van der Waals surface area contributed by atoms with E-state index in [1.807, 2.05) is 0 Å². The van der Waals surface area contributed by atoms with Crippen LogP contribution in [0.1, 0.15) is 15.4 Å². The maximum absolute atomic E-state index is 12.2. The molecule has 2 aromatic rings. The van der Waals surface area contributed by atoms with Crippen LogP contribution in [0.15, 0.2) is 29.8 Å². The van der Waals surface area contributed by atoms with Crippen molar-refractivity contribution in [2.24, 2.45) is 18.9 Å². The molecule has 0 unspecified atom stereocenters. The number of hydrogen-bond acceptors (Lipinski definition) is 5. The molecule has 0 bridgehead atoms. The summed E-state index contributed by atoms with van der Waals surface area (Å²) in [5.41, 5.74) is 0.594. The number of fused-ring (bicyclic) bond motifs is 1. The van der Waals surface area contributed by atoms with Crippen LogP contribution in [0.4, 0.5) is 0 Å². The molecule has 1 N–H and O–H groups in total. The monoisotopic (exact) mass is 346 g/mol. The van der Waals surface area contributed by atoms with E-state index in [4.69, 9.17) is 4.74 Å². The average Bonchev–Trinajstić information content (AvgIpc) is 3.31. The Bertz CT molecular complexity index is 699. The molecule has 6 nitrogen and oxygen atoms in total. The van der Waals surface area contributed by atoms with Gasteiger partial charge in [-0.05, 0) is 17.5 Å². The maximum atomic E-state index is 12.2. The first kappa shape index (κ1) is 15.8. The summed E-state index contributed by atoms with van der Waals surface area (Å²) in [5.74, 6) is 0.837. The van der Waals surface area contributed by atoms with Crippen LogP contribution < -0.4 is 5.32 Å². The summed E-state index contributed by atoms with van der Waals surface area (Å²) in [6, 6.07) is 6.02. The second kappa shape index (κ2) is 6.66. The van der Waals surface area contributed by atoms with Gasteiger partial charge in [0.05, 0.1) is 12.7 Å². The zero-order valence-electron chi connectivity index (χ0n) is 13.7. The molecule has 2 aliphatic heterocycles. The minimum absolute atomic E-state index is 0.0631. The predicted molar refractivity (Wildman–Crippen MR) is 91.9 cm³/mol. The van der Waals surface area contributed by atoms with Crippen LogP contribution in [0.25, 0.3) is 0 Å². The van der Waals surface area contributed by atoms with E-state index < -0.39 is 0 Å². The third-order valence-electron chi connectivity index (χ3n) is 5.05. The average molecular weight is 346 g/mol. The van der Waals surface area contributed by atoms with Gasteiger partial charge in [0, 0.05) is 56.1 Å². The van der Waals surface area contributed by atoms with E-state index in [2.05, 4.69) is 32.8 Å². The van der Waals surface area contributed by atoms with Crippen molar-refractivity contribution in [1.82, 2.24) is 20.0 Å². The first-order chi connectivity index (χ1) is 11.7. The lowest BCUT2D eigenvalue weighted by Gasteiger charge is -2.19. The first-order valence-corrected chi connectivity index (χ1v) is 9.21. The van der Waals surface area contributed by atoms with Gasteiger partial charge in [-0.25, -0.2) is 0 Å². The Labute approximate surface area is 145 Å². The van der Waals surface area contributed by atoms with Gasteiger partial charge in [-0.15, -0.1) is 11.3 Å². The molecule has 2 aliphatic rings. The molecule has 4 heterocycles. The highest BCUT2D eigenvalue weighted by Gasteiger charge is 2.43. The highest BCUT2D eigenvalue weighted by Crippen LogP contribution is 2.34. The third kappa shape index (κ3) is 3.11. The van der Waals surface area contributed by atoms with Crippen LogP contribution in [-0.2, 0) is 18.3 Å². The van der Waals surface area contributed by atoms with Gasteiger partial charge in [0.25, 0.3) is 5.91 Å². The molecule has 4 rings (SSSR count). The summed E-state index contributed by atoms with van der Waals surface area (Å²) in [5, 5.41) is 9.21. The second-order valence-electron chi connectivity index (χ2n) is 6.62. The quantitative estimate of drug-likeness (QED) is 0.888. The van der Waals surface area contributed by atoms with Crippen molar-refractivity contribution < 1.29 is 9.53 Å². The minimum atomic E-state index is -0.0631. The molecule has 24 heavy (non-hydrogen) atoms. The zero-order valence-corrected chi connectivity index (χ0v) is 14.5. The summed E-state index contributed by atoms with van der Waals surface area (Å²) in [4.78, 5) is 16.1. The fraction of sp³-hybridized carbons (Fsp3) is 0.529. The van der Waals surface area contributed by atoms with Crippen molar-refractivity contribution in [3.8, 4) is 0 Å². The number of thiophene rings is 1. The SMILES string of the molecule is Cn1nccc1C(=O)NC[C@H]1CO[C@@H]2CN(Cc3cccs3)C[C@H]12. The van der Waals surface area contributed by atoms with Gasteiger partial charge >= 0.3 is 0 Å². The fourth-order valence-corrected chi connectivity index (χ4v) is 4.50. The lowest BCUT2D eigenvalue weighted by molar-refractivity contribution is 0.0899. The van der Waals surface area contributed by atoms with Gasteiger partial charge in [-0.1, -0.05) is 6.07 Å². The van der Waals surface area contributed by atoms with Gasteiger partial charge in [-0.3, -0.25) is 14.4 Å². The highest BCUT2D eigenvalue weighted by atomic mass is 32.1. The van der Waals surface area contributed by atoms with Crippen LogP contribution in [0.2, 0.25) is 0 Å². The Hall–Kier alpha value is -1.70. The summed E-state index contributed by atoms with van der Waals surface area (Å²) >= 11 is 1.80. The number of aromatic nitrogens is 2. The topological polar surface area (TPSA) is 59.4 Å². The maximum Gasteiger partial charge on any atom is 0.269 e. The molecule has 0 spiro atoms. The number of likely N-dealkylation sites (tertiary alicyclic amines) is 1. The summed E-state index contributed by atoms with van der Waals surface area (Å²) in [6.45, 7) is 4.46. The summed E-state index contributed by atoms with van der Waals surface area (Å²) in [7, 11) is 1.78. The van der Waals surface area contributed by atoms with E-state index in [-0.39, 0.29) is 5.91 Å². The van der Waals surface area contributed by atoms with E-state index in [1.165, 1.54) is 4.88 Å². The molecule has 0 saturated carbocycles. The number of nitrogens with one attached hydrogen (secondary N) is 1. The molecule has 1 amide bonds. The predicted octanol–water partition coefficient (Wildman–Crippen LogP) is 1.36. The Morgan fingerprint density at radius 1 is 1.46 bits per heavy atom. The molecule has 2 fully saturated rings. The molecule has 2 saturated heterocycles. The van der Waals surface area contributed by atoms with E-state index in [1.54, 1.807) is 35.3 Å². The van der Waals surface area contributed by atoms with E-state index in [9.17, 15) is 4.79 Å². The van der Waals surface area contributed by atoms with Crippen molar-refractivity contribution >= 4 is 17.2 Å². The smallest absolute Gasteiger partial charge is 0.269 e. The van der Waals surface area contributed by atoms with E-state index >= 15 is 0 Å². The van der Waals surface area contributed by atoms with Gasteiger partial charge in [-0.2, -0.15) is 5.10 Å². The molecular weight excluding hydrogens is 324 g/mol. The number of nitrogens with zero attached hydrogens (tertiary/aromatic N) is 3. The Balaban J connectivity index is 1.31. The van der Waals surface area contributed by atoms with Crippen molar-refractivity contribution in [2.45, 2.75) is 12.6 Å². The molecule has 128 valence electrons. The van der Waals surface area contributed by atoms with Crippen LogP contribution in [0, 0.1) is 11.8 Å². The molecular formula is C17H22N4O2S. The molecule has 0 aromatic carbocycles. The number of carbonyl (C=O) groups is 1. The van der Waals surface area contributed by atoms with Crippen LogP contribution in [0.3, 0.4) is 0 Å². The van der Waals surface area contributed by atoms with E-state index in [0.29, 0.717) is 30.2 Å². The van der Waals surface area contributed by atoms with Crippen molar-refractivity contribution in [1.29, 1.82) is 0 Å². The van der Waals surface area contributed by atoms with Crippen molar-refractivity contribution in [2.75, 3.05) is 26.2 Å². The first-order valence-electron chi connectivity index (χ1n) is 8.33.